The normalized spacial score (nSPS) is 11.1. The largest absolute Gasteiger partial charge is 0.497 e. The minimum Gasteiger partial charge on any atom is -0.497 e. The summed E-state index contributed by atoms with van der Waals surface area (Å²) in [6.45, 7) is 0. The van der Waals surface area contributed by atoms with E-state index in [0.29, 0.717) is 28.6 Å². The van der Waals surface area contributed by atoms with Gasteiger partial charge >= 0.3 is 0 Å². The number of para-hydroxylation sites is 2. The van der Waals surface area contributed by atoms with Crippen molar-refractivity contribution in [2.45, 2.75) is 0 Å². The molecule has 0 saturated carbocycles. The number of H-pyrrole nitrogens is 1. The van der Waals surface area contributed by atoms with E-state index < -0.39 is 0 Å². The molecule has 2 aromatic carbocycles. The van der Waals surface area contributed by atoms with E-state index in [1.54, 1.807) is 44.1 Å². The van der Waals surface area contributed by atoms with Crippen LogP contribution in [0.1, 0.15) is 0 Å². The number of hydrogen-bond donors (Lipinski definition) is 2. The van der Waals surface area contributed by atoms with Crippen molar-refractivity contribution in [3.63, 3.8) is 0 Å². The summed E-state index contributed by atoms with van der Waals surface area (Å²) in [7, 11) is 4.78. The van der Waals surface area contributed by atoms with Crippen LogP contribution in [-0.2, 0) is 7.05 Å². The Morgan fingerprint density at radius 1 is 1.07 bits per heavy atom. The molecular weight excluding hydrogens is 346 g/mol. The van der Waals surface area contributed by atoms with Gasteiger partial charge in [-0.25, -0.2) is 14.3 Å². The molecule has 27 heavy (non-hydrogen) atoms. The molecule has 0 unspecified atom stereocenters. The van der Waals surface area contributed by atoms with Crippen molar-refractivity contribution in [3.8, 4) is 28.6 Å². The van der Waals surface area contributed by atoms with Gasteiger partial charge in [0.05, 0.1) is 30.9 Å². The predicted molar refractivity (Wildman–Crippen MR) is 104 cm³/mol. The van der Waals surface area contributed by atoms with Crippen LogP contribution in [-0.4, -0.2) is 33.6 Å². The number of imidazole rings is 1. The number of methoxy groups -OCH3 is 2. The first-order chi connectivity index (χ1) is 13.0. The van der Waals surface area contributed by atoms with E-state index in [-0.39, 0.29) is 11.4 Å². The monoisotopic (exact) mass is 365 g/mol. The van der Waals surface area contributed by atoms with Gasteiger partial charge in [-0.15, -0.1) is 0 Å². The number of nitrogens with two attached hydrogens (primary N) is 1. The van der Waals surface area contributed by atoms with Gasteiger partial charge < -0.3 is 20.2 Å². The molecule has 0 bridgehead atoms. The lowest BCUT2D eigenvalue weighted by Crippen LogP contribution is -2.19. The lowest BCUT2D eigenvalue weighted by atomic mass is 10.2. The quantitative estimate of drug-likeness (QED) is 0.578. The zero-order valence-electron chi connectivity index (χ0n) is 15.2. The van der Waals surface area contributed by atoms with Crippen molar-refractivity contribution >= 4 is 16.9 Å². The molecule has 0 radical (unpaired) electrons. The Bertz CT molecular complexity index is 1150. The summed E-state index contributed by atoms with van der Waals surface area (Å²) in [6.07, 6.45) is 0. The third-order valence-corrected chi connectivity index (χ3v) is 4.50. The maximum atomic E-state index is 12.9. The number of aromatic nitrogens is 4. The maximum absolute atomic E-state index is 12.9. The van der Waals surface area contributed by atoms with Crippen LogP contribution in [0.2, 0.25) is 0 Å². The van der Waals surface area contributed by atoms with Crippen LogP contribution < -0.4 is 20.8 Å². The fourth-order valence-corrected chi connectivity index (χ4v) is 3.15. The smallest absolute Gasteiger partial charge is 0.280 e. The Kier molecular flexibility index (Phi) is 3.88. The molecule has 2 heterocycles. The number of nitrogens with zero attached hydrogens (tertiary/aromatic N) is 3. The zero-order chi connectivity index (χ0) is 19.1. The van der Waals surface area contributed by atoms with Crippen molar-refractivity contribution in [2.75, 3.05) is 20.0 Å². The van der Waals surface area contributed by atoms with Gasteiger partial charge in [0.15, 0.2) is 0 Å². The van der Waals surface area contributed by atoms with Gasteiger partial charge in [-0.05, 0) is 12.1 Å². The average molecular weight is 365 g/mol. The summed E-state index contributed by atoms with van der Waals surface area (Å²) in [5, 5.41) is 0. The third-order valence-electron chi connectivity index (χ3n) is 4.50. The fourth-order valence-electron chi connectivity index (χ4n) is 3.15. The number of fused-ring (bicyclic) bond motifs is 1. The molecule has 0 spiro atoms. The zero-order valence-corrected chi connectivity index (χ0v) is 15.2. The van der Waals surface area contributed by atoms with E-state index in [2.05, 4.69) is 9.97 Å². The highest BCUT2D eigenvalue weighted by Crippen LogP contribution is 2.29. The molecule has 0 amide bonds. The molecule has 0 aliphatic heterocycles. The summed E-state index contributed by atoms with van der Waals surface area (Å²) in [5.74, 6) is 1.89. The van der Waals surface area contributed by atoms with Gasteiger partial charge in [-0.2, -0.15) is 0 Å². The number of hydrogen-bond acceptors (Lipinski definition) is 5. The minimum atomic E-state index is -0.256. The van der Waals surface area contributed by atoms with E-state index in [1.807, 2.05) is 24.3 Å². The van der Waals surface area contributed by atoms with E-state index in [9.17, 15) is 4.79 Å². The van der Waals surface area contributed by atoms with E-state index in [0.717, 1.165) is 11.0 Å². The summed E-state index contributed by atoms with van der Waals surface area (Å²) in [6, 6.07) is 12.9. The van der Waals surface area contributed by atoms with Crippen molar-refractivity contribution in [1.29, 1.82) is 0 Å². The molecule has 8 heteroatoms. The highest BCUT2D eigenvalue weighted by Gasteiger charge is 2.22. The van der Waals surface area contributed by atoms with E-state index >= 15 is 0 Å². The maximum Gasteiger partial charge on any atom is 0.280 e. The topological polar surface area (TPSA) is 100 Å². The fraction of sp³-hybridized carbons (Fsp3) is 0.158. The number of ether oxygens (including phenoxy) is 2. The second kappa shape index (κ2) is 6.24. The van der Waals surface area contributed by atoms with Gasteiger partial charge in [-0.3, -0.25) is 4.79 Å². The SMILES string of the molecule is COc1cc(OC)cc(-n2c(N)c(-c3nc4ccccc4[nH]3)c(=O)n2C)c1. The number of benzene rings is 2. The molecule has 0 aliphatic carbocycles. The van der Waals surface area contributed by atoms with Crippen molar-refractivity contribution in [1.82, 2.24) is 19.3 Å². The molecular formula is C19H19N5O3. The van der Waals surface area contributed by atoms with Crippen LogP contribution >= 0.6 is 0 Å². The molecule has 138 valence electrons. The number of nitrogen functional groups attached to an aromatic ring is 1. The molecule has 3 N–H and O–H groups in total. The Hall–Kier alpha value is -3.68. The van der Waals surface area contributed by atoms with Crippen LogP contribution in [0.3, 0.4) is 0 Å². The van der Waals surface area contributed by atoms with Gasteiger partial charge in [0.25, 0.3) is 5.56 Å². The van der Waals surface area contributed by atoms with Crippen LogP contribution in [0, 0.1) is 0 Å². The Labute approximate surface area is 154 Å². The van der Waals surface area contributed by atoms with Crippen LogP contribution in [0.5, 0.6) is 11.5 Å². The van der Waals surface area contributed by atoms with Crippen molar-refractivity contribution in [3.05, 3.63) is 52.8 Å². The molecule has 2 aromatic heterocycles. The van der Waals surface area contributed by atoms with Crippen LogP contribution in [0.15, 0.2) is 47.3 Å². The summed E-state index contributed by atoms with van der Waals surface area (Å²) in [5.41, 5.74) is 8.68. The Morgan fingerprint density at radius 2 is 1.74 bits per heavy atom. The molecule has 0 saturated heterocycles. The van der Waals surface area contributed by atoms with Crippen LogP contribution in [0.25, 0.3) is 28.1 Å². The second-order valence-corrected chi connectivity index (χ2v) is 6.07. The minimum absolute atomic E-state index is 0.256. The molecule has 8 nitrogen and oxygen atoms in total. The highest BCUT2D eigenvalue weighted by molar-refractivity contribution is 5.81. The van der Waals surface area contributed by atoms with Crippen LogP contribution in [0.4, 0.5) is 5.82 Å². The Balaban J connectivity index is 1.95. The molecule has 4 rings (SSSR count). The number of rotatable bonds is 4. The summed E-state index contributed by atoms with van der Waals surface area (Å²) >= 11 is 0. The predicted octanol–water partition coefficient (Wildman–Crippen LogP) is 2.32. The van der Waals surface area contributed by atoms with E-state index in [1.165, 1.54) is 4.68 Å². The molecule has 0 fully saturated rings. The summed E-state index contributed by atoms with van der Waals surface area (Å²) < 4.78 is 13.7. The van der Waals surface area contributed by atoms with Gasteiger partial charge in [0, 0.05) is 25.2 Å². The lowest BCUT2D eigenvalue weighted by Gasteiger charge is -2.13. The van der Waals surface area contributed by atoms with E-state index in [4.69, 9.17) is 15.2 Å². The molecule has 0 aliphatic rings. The van der Waals surface area contributed by atoms with Crippen molar-refractivity contribution in [2.24, 2.45) is 7.05 Å². The number of nitrogens with one attached hydrogen (secondary N) is 1. The van der Waals surface area contributed by atoms with Gasteiger partial charge in [-0.1, -0.05) is 12.1 Å². The average Bonchev–Trinajstić information content (AvgIpc) is 3.19. The first kappa shape index (κ1) is 16.8. The first-order valence-corrected chi connectivity index (χ1v) is 8.29. The number of anilines is 1. The molecule has 4 aromatic rings. The third kappa shape index (κ3) is 2.62. The number of aromatic amines is 1. The van der Waals surface area contributed by atoms with Crippen molar-refractivity contribution < 1.29 is 9.47 Å². The molecule has 0 atom stereocenters. The highest BCUT2D eigenvalue weighted by atomic mass is 16.5. The lowest BCUT2D eigenvalue weighted by molar-refractivity contribution is 0.393. The van der Waals surface area contributed by atoms with Gasteiger partial charge in [0.2, 0.25) is 0 Å². The Morgan fingerprint density at radius 3 is 2.37 bits per heavy atom. The summed E-state index contributed by atoms with van der Waals surface area (Å²) in [4.78, 5) is 20.6. The second-order valence-electron chi connectivity index (χ2n) is 6.07. The first-order valence-electron chi connectivity index (χ1n) is 8.29. The van der Waals surface area contributed by atoms with Gasteiger partial charge in [0.1, 0.15) is 28.7 Å². The standard InChI is InChI=1S/C19H19N5O3/c1-23-19(25)16(18-21-14-6-4-5-7-15(14)22-18)17(20)24(23)11-8-12(26-2)10-13(9-11)27-3/h4-10H,20H2,1-3H3,(H,21,22).